The Kier molecular flexibility index (Phi) is 20.6. The molecule has 230 valence electrons. The molecule has 0 aliphatic rings. The second-order valence-corrected chi connectivity index (χ2v) is 12.8. The van der Waals surface area contributed by atoms with Gasteiger partial charge in [0.15, 0.2) is 11.5 Å². The maximum Gasteiger partial charge on any atom is 0.500 e. The van der Waals surface area contributed by atoms with Crippen molar-refractivity contribution in [2.45, 2.75) is 117 Å². The summed E-state index contributed by atoms with van der Waals surface area (Å²) >= 11 is 0. The molecule has 8 heteroatoms. The highest BCUT2D eigenvalue weighted by Crippen LogP contribution is 2.30. The molecule has 0 aliphatic carbocycles. The third kappa shape index (κ3) is 15.2. The van der Waals surface area contributed by atoms with Crippen LogP contribution in [0.25, 0.3) is 6.08 Å². The van der Waals surface area contributed by atoms with Crippen LogP contribution < -0.4 is 9.47 Å². The molecule has 1 aromatic carbocycles. The van der Waals surface area contributed by atoms with Crippen molar-refractivity contribution in [3.8, 4) is 11.5 Å². The molecule has 0 radical (unpaired) electrons. The molecule has 0 atom stereocenters. The molecule has 0 spiro atoms. The van der Waals surface area contributed by atoms with Gasteiger partial charge in [0.05, 0.1) is 13.7 Å². The SMILES string of the molecule is CCCCCCCCCCOc1cc(/C=C(\CCCCCC[Si](OCC)(OCC)OCC)C(=O)O)ccc1OC. The summed E-state index contributed by atoms with van der Waals surface area (Å²) in [5, 5.41) is 9.81. The summed E-state index contributed by atoms with van der Waals surface area (Å²) < 4.78 is 29.3. The molecule has 1 N–H and O–H groups in total. The highest BCUT2D eigenvalue weighted by Gasteiger charge is 2.39. The number of aliphatic carboxylic acids is 1. The molecule has 7 nitrogen and oxygen atoms in total. The van der Waals surface area contributed by atoms with Crippen molar-refractivity contribution in [1.29, 1.82) is 0 Å². The first kappa shape index (κ1) is 36.2. The number of methoxy groups -OCH3 is 1. The van der Waals surface area contributed by atoms with E-state index in [1.807, 2.05) is 39.0 Å². The van der Waals surface area contributed by atoms with Gasteiger partial charge in [-0.15, -0.1) is 0 Å². The number of rotatable bonds is 26. The molecule has 0 aliphatic heterocycles. The zero-order valence-electron chi connectivity index (χ0n) is 25.9. The summed E-state index contributed by atoms with van der Waals surface area (Å²) in [6, 6.07) is 6.40. The molecule has 0 bridgehead atoms. The van der Waals surface area contributed by atoms with Gasteiger partial charge in [-0.25, -0.2) is 4.79 Å². The van der Waals surface area contributed by atoms with Gasteiger partial charge in [0.1, 0.15) is 0 Å². The Morgan fingerprint density at radius 1 is 0.775 bits per heavy atom. The average molecular weight is 581 g/mol. The Balaban J connectivity index is 2.58. The Labute approximate surface area is 245 Å². The number of carbonyl (C=O) groups is 1. The first-order valence-electron chi connectivity index (χ1n) is 15.6. The Bertz CT molecular complexity index is 810. The summed E-state index contributed by atoms with van der Waals surface area (Å²) in [6.45, 7) is 10.5. The smallest absolute Gasteiger partial charge is 0.493 e. The molecular formula is C32H56O7Si. The van der Waals surface area contributed by atoms with Crippen molar-refractivity contribution >= 4 is 20.8 Å². The maximum atomic E-state index is 12.0. The van der Waals surface area contributed by atoms with Gasteiger partial charge in [-0.05, 0) is 70.2 Å². The van der Waals surface area contributed by atoms with Gasteiger partial charge >= 0.3 is 14.8 Å². The molecule has 0 saturated carbocycles. The third-order valence-electron chi connectivity index (χ3n) is 6.83. The van der Waals surface area contributed by atoms with E-state index >= 15 is 0 Å². The second kappa shape index (κ2) is 22.8. The minimum atomic E-state index is -2.61. The molecule has 0 unspecified atom stereocenters. The van der Waals surface area contributed by atoms with Gasteiger partial charge in [-0.3, -0.25) is 0 Å². The largest absolute Gasteiger partial charge is 0.500 e. The van der Waals surface area contributed by atoms with Crippen molar-refractivity contribution in [3.63, 3.8) is 0 Å². The normalized spacial score (nSPS) is 12.1. The summed E-state index contributed by atoms with van der Waals surface area (Å²) in [7, 11) is -0.985. The lowest BCUT2D eigenvalue weighted by molar-refractivity contribution is -0.132. The van der Waals surface area contributed by atoms with Gasteiger partial charge in [0, 0.05) is 31.4 Å². The van der Waals surface area contributed by atoms with E-state index in [4.69, 9.17) is 22.8 Å². The van der Waals surface area contributed by atoms with Crippen molar-refractivity contribution < 1.29 is 32.7 Å². The zero-order valence-corrected chi connectivity index (χ0v) is 26.9. The van der Waals surface area contributed by atoms with Crippen LogP contribution >= 0.6 is 0 Å². The number of unbranched alkanes of at least 4 members (excludes halogenated alkanes) is 10. The molecule has 1 aromatic rings. The Hall–Kier alpha value is -1.87. The maximum absolute atomic E-state index is 12.0. The fraction of sp³-hybridized carbons (Fsp3) is 0.719. The Morgan fingerprint density at radius 3 is 1.93 bits per heavy atom. The molecule has 0 aromatic heterocycles. The van der Waals surface area contributed by atoms with Crippen LogP contribution in [-0.4, -0.2) is 53.4 Å². The number of hydrogen-bond donors (Lipinski definition) is 1. The summed E-state index contributed by atoms with van der Waals surface area (Å²) in [5.74, 6) is 0.446. The predicted octanol–water partition coefficient (Wildman–Crippen LogP) is 8.68. The lowest BCUT2D eigenvalue weighted by Crippen LogP contribution is -2.45. The highest BCUT2D eigenvalue weighted by molar-refractivity contribution is 6.60. The van der Waals surface area contributed by atoms with Crippen molar-refractivity contribution in [2.24, 2.45) is 0 Å². The van der Waals surface area contributed by atoms with Gasteiger partial charge in [0.2, 0.25) is 0 Å². The van der Waals surface area contributed by atoms with Crippen LogP contribution in [0.5, 0.6) is 11.5 Å². The van der Waals surface area contributed by atoms with E-state index in [1.54, 1.807) is 13.2 Å². The lowest BCUT2D eigenvalue weighted by Gasteiger charge is -2.28. The van der Waals surface area contributed by atoms with Crippen LogP contribution in [0.4, 0.5) is 0 Å². The number of hydrogen-bond acceptors (Lipinski definition) is 6. The summed E-state index contributed by atoms with van der Waals surface area (Å²) in [6.07, 6.45) is 15.9. The second-order valence-electron chi connectivity index (χ2n) is 10.1. The van der Waals surface area contributed by atoms with Crippen LogP contribution in [0.1, 0.15) is 117 Å². The van der Waals surface area contributed by atoms with Gasteiger partial charge < -0.3 is 27.9 Å². The van der Waals surface area contributed by atoms with Gasteiger partial charge in [-0.1, -0.05) is 70.8 Å². The summed E-state index contributed by atoms with van der Waals surface area (Å²) in [4.78, 5) is 12.0. The van der Waals surface area contributed by atoms with Crippen LogP contribution in [0.15, 0.2) is 23.8 Å². The molecule has 0 fully saturated rings. The van der Waals surface area contributed by atoms with E-state index in [1.165, 1.54) is 38.5 Å². The van der Waals surface area contributed by atoms with Gasteiger partial charge in [-0.2, -0.15) is 0 Å². The summed E-state index contributed by atoms with van der Waals surface area (Å²) in [5.41, 5.74) is 1.21. The Morgan fingerprint density at radius 2 is 1.35 bits per heavy atom. The molecule has 0 amide bonds. The quantitative estimate of drug-likeness (QED) is 0.0666. The zero-order chi connectivity index (χ0) is 29.5. The monoisotopic (exact) mass is 580 g/mol. The van der Waals surface area contributed by atoms with Crippen molar-refractivity contribution in [1.82, 2.24) is 0 Å². The van der Waals surface area contributed by atoms with E-state index in [9.17, 15) is 9.90 Å². The number of benzene rings is 1. The van der Waals surface area contributed by atoms with E-state index in [0.29, 0.717) is 49.9 Å². The van der Waals surface area contributed by atoms with Crippen LogP contribution in [0, 0.1) is 0 Å². The predicted molar refractivity (Wildman–Crippen MR) is 165 cm³/mol. The minimum Gasteiger partial charge on any atom is -0.493 e. The van der Waals surface area contributed by atoms with Gasteiger partial charge in [0.25, 0.3) is 0 Å². The first-order chi connectivity index (χ1) is 19.4. The number of carboxylic acids is 1. The number of carboxylic acid groups (broad SMARTS) is 1. The molecular weight excluding hydrogens is 524 g/mol. The fourth-order valence-corrected chi connectivity index (χ4v) is 7.45. The fourth-order valence-electron chi connectivity index (χ4n) is 4.77. The molecule has 1 rings (SSSR count). The average Bonchev–Trinajstić information content (AvgIpc) is 2.93. The van der Waals surface area contributed by atoms with E-state index in [0.717, 1.165) is 50.1 Å². The van der Waals surface area contributed by atoms with E-state index in [2.05, 4.69) is 6.92 Å². The first-order valence-corrected chi connectivity index (χ1v) is 17.5. The standard InChI is InChI=1S/C32H56O7Si/c1-6-10-11-12-13-14-16-19-24-36-31-27-28(22-23-30(31)35-5)26-29(32(33)34)21-18-15-17-20-25-40(37-7-2,38-8-3)39-9-4/h22-23,26-27H,6-21,24-25H2,1-5H3,(H,33,34)/b29-26+. The molecule has 40 heavy (non-hydrogen) atoms. The van der Waals surface area contributed by atoms with Crippen LogP contribution in [0.3, 0.4) is 0 Å². The van der Waals surface area contributed by atoms with E-state index < -0.39 is 14.8 Å². The van der Waals surface area contributed by atoms with Crippen molar-refractivity contribution in [2.75, 3.05) is 33.5 Å². The van der Waals surface area contributed by atoms with Crippen LogP contribution in [-0.2, 0) is 18.1 Å². The molecule has 0 heterocycles. The lowest BCUT2D eigenvalue weighted by atomic mass is 10.0. The topological polar surface area (TPSA) is 83.5 Å². The highest BCUT2D eigenvalue weighted by atomic mass is 28.4. The molecule has 0 saturated heterocycles. The van der Waals surface area contributed by atoms with Crippen LogP contribution in [0.2, 0.25) is 6.04 Å². The number of ether oxygens (including phenoxy) is 2. The minimum absolute atomic E-state index is 0.404. The van der Waals surface area contributed by atoms with Crippen molar-refractivity contribution in [3.05, 3.63) is 29.3 Å². The van der Waals surface area contributed by atoms with E-state index in [-0.39, 0.29) is 0 Å². The third-order valence-corrected chi connectivity index (χ3v) is 9.98.